The van der Waals surface area contributed by atoms with E-state index in [9.17, 15) is 4.79 Å². The van der Waals surface area contributed by atoms with E-state index in [1.54, 1.807) is 17.9 Å². The molecule has 2 rings (SSSR count). The molecule has 2 heterocycles. The summed E-state index contributed by atoms with van der Waals surface area (Å²) in [6.45, 7) is 4.52. The molecule has 1 fully saturated rings. The van der Waals surface area contributed by atoms with E-state index in [0.717, 1.165) is 18.5 Å². The first-order valence-corrected chi connectivity index (χ1v) is 6.36. The molecule has 0 aliphatic carbocycles. The SMILES string of the molecule is CC[C@H]1C[C@H](n2ccc(C)nc2=O)O[C@@H]1COC. The first kappa shape index (κ1) is 13.2. The Balaban J connectivity index is 2.18. The van der Waals surface area contributed by atoms with E-state index >= 15 is 0 Å². The molecular weight excluding hydrogens is 232 g/mol. The van der Waals surface area contributed by atoms with Crippen LogP contribution in [-0.4, -0.2) is 29.4 Å². The number of aryl methyl sites for hydroxylation is 1. The third-order valence-electron chi connectivity index (χ3n) is 3.50. The van der Waals surface area contributed by atoms with E-state index in [1.165, 1.54) is 0 Å². The normalized spacial score (nSPS) is 27.6. The Morgan fingerprint density at radius 2 is 2.39 bits per heavy atom. The predicted octanol–water partition coefficient (Wildman–Crippen LogP) is 1.51. The molecule has 1 aromatic heterocycles. The smallest absolute Gasteiger partial charge is 0.349 e. The van der Waals surface area contributed by atoms with Crippen LogP contribution >= 0.6 is 0 Å². The van der Waals surface area contributed by atoms with Crippen LogP contribution in [0.25, 0.3) is 0 Å². The fourth-order valence-corrected chi connectivity index (χ4v) is 2.44. The van der Waals surface area contributed by atoms with E-state index < -0.39 is 0 Å². The standard InChI is InChI=1S/C13H20N2O3/c1-4-10-7-12(18-11(10)8-17-3)15-6-5-9(2)14-13(15)16/h5-6,10-12H,4,7-8H2,1-3H3/t10-,11+,12+/m0/s1. The zero-order valence-electron chi connectivity index (χ0n) is 11.1. The molecule has 5 nitrogen and oxygen atoms in total. The lowest BCUT2D eigenvalue weighted by atomic mass is 9.98. The zero-order valence-corrected chi connectivity index (χ0v) is 11.1. The summed E-state index contributed by atoms with van der Waals surface area (Å²) in [5.74, 6) is 0.433. The molecule has 0 N–H and O–H groups in total. The maximum atomic E-state index is 11.8. The van der Waals surface area contributed by atoms with Crippen LogP contribution in [0.15, 0.2) is 17.1 Å². The average molecular weight is 252 g/mol. The molecular formula is C13H20N2O3. The Hall–Kier alpha value is -1.20. The summed E-state index contributed by atoms with van der Waals surface area (Å²) in [5.41, 5.74) is 0.489. The summed E-state index contributed by atoms with van der Waals surface area (Å²) in [7, 11) is 1.67. The fourth-order valence-electron chi connectivity index (χ4n) is 2.44. The van der Waals surface area contributed by atoms with E-state index in [1.807, 2.05) is 13.0 Å². The minimum Gasteiger partial charge on any atom is -0.382 e. The van der Waals surface area contributed by atoms with Crippen molar-refractivity contribution in [1.82, 2.24) is 9.55 Å². The number of nitrogens with zero attached hydrogens (tertiary/aromatic N) is 2. The van der Waals surface area contributed by atoms with Gasteiger partial charge in [0.25, 0.3) is 0 Å². The van der Waals surface area contributed by atoms with Crippen molar-refractivity contribution < 1.29 is 9.47 Å². The number of methoxy groups -OCH3 is 1. The molecule has 3 atom stereocenters. The van der Waals surface area contributed by atoms with Crippen molar-refractivity contribution in [3.8, 4) is 0 Å². The highest BCUT2D eigenvalue weighted by atomic mass is 16.5. The van der Waals surface area contributed by atoms with Crippen LogP contribution in [0.3, 0.4) is 0 Å². The van der Waals surface area contributed by atoms with Gasteiger partial charge in [-0.05, 0) is 25.3 Å². The first-order valence-electron chi connectivity index (χ1n) is 6.36. The lowest BCUT2D eigenvalue weighted by Crippen LogP contribution is -2.27. The highest BCUT2D eigenvalue weighted by Gasteiger charge is 2.35. The molecule has 1 aliphatic rings. The van der Waals surface area contributed by atoms with Crippen LogP contribution in [0.5, 0.6) is 0 Å². The number of hydrogen-bond donors (Lipinski definition) is 0. The number of rotatable bonds is 4. The molecule has 0 amide bonds. The molecule has 0 unspecified atom stereocenters. The van der Waals surface area contributed by atoms with Crippen LogP contribution in [0.4, 0.5) is 0 Å². The lowest BCUT2D eigenvalue weighted by molar-refractivity contribution is -0.0419. The van der Waals surface area contributed by atoms with Crippen LogP contribution in [0.2, 0.25) is 0 Å². The van der Waals surface area contributed by atoms with Gasteiger partial charge in [-0.1, -0.05) is 13.3 Å². The van der Waals surface area contributed by atoms with Crippen molar-refractivity contribution in [2.24, 2.45) is 5.92 Å². The monoisotopic (exact) mass is 252 g/mol. The Bertz CT molecular complexity index is 458. The van der Waals surface area contributed by atoms with Crippen molar-refractivity contribution in [3.63, 3.8) is 0 Å². The molecule has 1 aromatic rings. The van der Waals surface area contributed by atoms with Gasteiger partial charge >= 0.3 is 5.69 Å². The molecule has 5 heteroatoms. The molecule has 0 spiro atoms. The van der Waals surface area contributed by atoms with Crippen LogP contribution in [-0.2, 0) is 9.47 Å². The minimum absolute atomic E-state index is 0.0678. The van der Waals surface area contributed by atoms with Gasteiger partial charge < -0.3 is 9.47 Å². The van der Waals surface area contributed by atoms with Gasteiger partial charge in [0.1, 0.15) is 6.23 Å². The molecule has 0 bridgehead atoms. The zero-order chi connectivity index (χ0) is 13.1. The van der Waals surface area contributed by atoms with Gasteiger partial charge in [0.2, 0.25) is 0 Å². The van der Waals surface area contributed by atoms with Crippen LogP contribution in [0.1, 0.15) is 31.7 Å². The van der Waals surface area contributed by atoms with Gasteiger partial charge in [-0.25, -0.2) is 4.79 Å². The topological polar surface area (TPSA) is 53.4 Å². The summed E-state index contributed by atoms with van der Waals surface area (Å²) >= 11 is 0. The largest absolute Gasteiger partial charge is 0.382 e. The minimum atomic E-state index is -0.243. The highest BCUT2D eigenvalue weighted by Crippen LogP contribution is 2.34. The summed E-state index contributed by atoms with van der Waals surface area (Å²) in [6.07, 6.45) is 3.49. The third-order valence-corrected chi connectivity index (χ3v) is 3.50. The van der Waals surface area contributed by atoms with E-state index in [-0.39, 0.29) is 18.0 Å². The van der Waals surface area contributed by atoms with Crippen molar-refractivity contribution >= 4 is 0 Å². The van der Waals surface area contributed by atoms with E-state index in [4.69, 9.17) is 9.47 Å². The summed E-state index contributed by atoms with van der Waals surface area (Å²) in [6, 6.07) is 1.83. The Labute approximate surface area is 107 Å². The van der Waals surface area contributed by atoms with Gasteiger partial charge in [-0.15, -0.1) is 0 Å². The summed E-state index contributed by atoms with van der Waals surface area (Å²) in [4.78, 5) is 15.8. The van der Waals surface area contributed by atoms with E-state index in [0.29, 0.717) is 12.5 Å². The highest BCUT2D eigenvalue weighted by molar-refractivity contribution is 4.97. The first-order chi connectivity index (χ1) is 8.65. The predicted molar refractivity (Wildman–Crippen MR) is 67.4 cm³/mol. The van der Waals surface area contributed by atoms with Gasteiger partial charge in [-0.2, -0.15) is 4.98 Å². The van der Waals surface area contributed by atoms with E-state index in [2.05, 4.69) is 11.9 Å². The van der Waals surface area contributed by atoms with Crippen LogP contribution in [0, 0.1) is 12.8 Å². The second-order valence-electron chi connectivity index (χ2n) is 4.75. The second kappa shape index (κ2) is 5.63. The van der Waals surface area contributed by atoms with Crippen molar-refractivity contribution in [2.75, 3.05) is 13.7 Å². The van der Waals surface area contributed by atoms with Crippen molar-refractivity contribution in [3.05, 3.63) is 28.4 Å². The Morgan fingerprint density at radius 3 is 3.00 bits per heavy atom. The van der Waals surface area contributed by atoms with Gasteiger partial charge in [0.15, 0.2) is 0 Å². The fraction of sp³-hybridized carbons (Fsp3) is 0.692. The molecule has 0 aromatic carbocycles. The van der Waals surface area contributed by atoms with Crippen molar-refractivity contribution in [2.45, 2.75) is 39.0 Å². The molecule has 18 heavy (non-hydrogen) atoms. The number of hydrogen-bond acceptors (Lipinski definition) is 4. The van der Waals surface area contributed by atoms with Crippen LogP contribution < -0.4 is 5.69 Å². The number of aromatic nitrogens is 2. The van der Waals surface area contributed by atoms with Gasteiger partial charge in [0, 0.05) is 19.0 Å². The average Bonchev–Trinajstić information content (AvgIpc) is 2.72. The second-order valence-corrected chi connectivity index (χ2v) is 4.75. The maximum Gasteiger partial charge on any atom is 0.349 e. The molecule has 0 radical (unpaired) electrons. The molecule has 1 aliphatic heterocycles. The van der Waals surface area contributed by atoms with Crippen molar-refractivity contribution in [1.29, 1.82) is 0 Å². The third kappa shape index (κ3) is 2.62. The number of ether oxygens (including phenoxy) is 2. The lowest BCUT2D eigenvalue weighted by Gasteiger charge is -2.16. The van der Waals surface area contributed by atoms with Gasteiger partial charge in [0.05, 0.1) is 12.7 Å². The molecule has 0 saturated carbocycles. The van der Waals surface area contributed by atoms with Gasteiger partial charge in [-0.3, -0.25) is 4.57 Å². The molecule has 100 valence electrons. The maximum absolute atomic E-state index is 11.8. The Kier molecular flexibility index (Phi) is 4.14. The Morgan fingerprint density at radius 1 is 1.61 bits per heavy atom. The quantitative estimate of drug-likeness (QED) is 0.815. The molecule has 1 saturated heterocycles. The summed E-state index contributed by atoms with van der Waals surface area (Å²) in [5, 5.41) is 0. The summed E-state index contributed by atoms with van der Waals surface area (Å²) < 4.78 is 12.6.